The van der Waals surface area contributed by atoms with Gasteiger partial charge in [0, 0.05) is 49.8 Å². The third kappa shape index (κ3) is 10.2. The number of anilines is 2. The van der Waals surface area contributed by atoms with Crippen LogP contribution in [0, 0.1) is 5.92 Å². The summed E-state index contributed by atoms with van der Waals surface area (Å²) < 4.78 is 0. The maximum Gasteiger partial charge on any atom is 0.253 e. The Labute approximate surface area is 223 Å². The fourth-order valence-corrected chi connectivity index (χ4v) is 4.92. The van der Waals surface area contributed by atoms with Gasteiger partial charge in [-0.15, -0.1) is 0 Å². The van der Waals surface area contributed by atoms with Gasteiger partial charge in [-0.1, -0.05) is 71.3 Å². The molecule has 1 aliphatic rings. The monoisotopic (exact) mass is 506 g/mol. The van der Waals surface area contributed by atoms with Crippen LogP contribution in [0.4, 0.5) is 11.4 Å². The van der Waals surface area contributed by atoms with E-state index >= 15 is 0 Å². The molecule has 0 unspecified atom stereocenters. The van der Waals surface area contributed by atoms with E-state index in [1.54, 1.807) is 12.4 Å². The number of hydrogen-bond acceptors (Lipinski definition) is 4. The molecule has 1 aromatic heterocycles. The van der Waals surface area contributed by atoms with Gasteiger partial charge in [0.15, 0.2) is 0 Å². The zero-order valence-corrected chi connectivity index (χ0v) is 22.9. The molecule has 3 rings (SSSR count). The number of unbranched alkanes of at least 4 members (excludes halogenated alkanes) is 8. The van der Waals surface area contributed by atoms with E-state index in [-0.39, 0.29) is 11.8 Å². The van der Waals surface area contributed by atoms with Crippen molar-refractivity contribution in [1.82, 2.24) is 10.3 Å². The Bertz CT molecular complexity index is 955. The van der Waals surface area contributed by atoms with Gasteiger partial charge in [-0.3, -0.25) is 14.6 Å². The van der Waals surface area contributed by atoms with Crippen LogP contribution < -0.4 is 15.5 Å². The van der Waals surface area contributed by atoms with Crippen LogP contribution in [0.2, 0.25) is 0 Å². The van der Waals surface area contributed by atoms with Crippen LogP contribution in [0.15, 0.2) is 42.7 Å². The highest BCUT2D eigenvalue weighted by Gasteiger charge is 2.22. The summed E-state index contributed by atoms with van der Waals surface area (Å²) in [6, 6.07) is 9.57. The first-order valence-corrected chi connectivity index (χ1v) is 14.4. The third-order valence-corrected chi connectivity index (χ3v) is 7.33. The lowest BCUT2D eigenvalue weighted by Crippen LogP contribution is -2.35. The van der Waals surface area contributed by atoms with Crippen LogP contribution in [-0.4, -0.2) is 29.9 Å². The molecule has 0 aliphatic carbocycles. The van der Waals surface area contributed by atoms with Crippen LogP contribution in [0.1, 0.15) is 107 Å². The summed E-state index contributed by atoms with van der Waals surface area (Å²) in [5.41, 5.74) is 3.18. The van der Waals surface area contributed by atoms with E-state index in [4.69, 9.17) is 0 Å². The maximum absolute atomic E-state index is 13.3. The number of carbonyl (C=O) groups is 2. The second kappa shape index (κ2) is 16.1. The van der Waals surface area contributed by atoms with Gasteiger partial charge in [0.05, 0.1) is 5.56 Å². The first-order chi connectivity index (χ1) is 18.1. The Hall–Kier alpha value is -2.89. The van der Waals surface area contributed by atoms with E-state index < -0.39 is 0 Å². The standard InChI is InChI=1S/C31H46N4O2/c1-3-4-5-6-7-8-9-10-11-14-30(36)34-27-15-16-29(35-20-17-25(2)18-21-35)28(22-27)31(37)33-24-26-13-12-19-32-23-26/h12-13,15-16,19,22-23,25H,3-11,14,17-18,20-21,24H2,1-2H3,(H,33,37)(H,34,36). The Morgan fingerprint density at radius 2 is 1.68 bits per heavy atom. The molecule has 0 atom stereocenters. The number of amides is 2. The molecular formula is C31H46N4O2. The molecule has 1 fully saturated rings. The van der Waals surface area contributed by atoms with Crippen molar-refractivity contribution in [3.05, 3.63) is 53.9 Å². The quantitative estimate of drug-likeness (QED) is 0.253. The summed E-state index contributed by atoms with van der Waals surface area (Å²) >= 11 is 0. The Balaban J connectivity index is 1.54. The molecule has 1 saturated heterocycles. The SMILES string of the molecule is CCCCCCCCCCCC(=O)Nc1ccc(N2CCC(C)CC2)c(C(=O)NCc2cccnc2)c1. The number of pyridine rings is 1. The van der Waals surface area contributed by atoms with Gasteiger partial charge in [0.2, 0.25) is 5.91 Å². The average Bonchev–Trinajstić information content (AvgIpc) is 2.92. The highest BCUT2D eigenvalue weighted by molar-refractivity contribution is 6.02. The summed E-state index contributed by atoms with van der Waals surface area (Å²) in [7, 11) is 0. The second-order valence-electron chi connectivity index (χ2n) is 10.6. The topological polar surface area (TPSA) is 74.3 Å². The van der Waals surface area contributed by atoms with Gasteiger partial charge in [-0.2, -0.15) is 0 Å². The fourth-order valence-electron chi connectivity index (χ4n) is 4.92. The Morgan fingerprint density at radius 3 is 2.35 bits per heavy atom. The number of rotatable bonds is 15. The van der Waals surface area contributed by atoms with E-state index in [1.165, 1.54) is 44.9 Å². The van der Waals surface area contributed by atoms with Crippen molar-refractivity contribution in [1.29, 1.82) is 0 Å². The largest absolute Gasteiger partial charge is 0.371 e. The lowest BCUT2D eigenvalue weighted by Gasteiger charge is -2.33. The summed E-state index contributed by atoms with van der Waals surface area (Å²) in [6.07, 6.45) is 17.3. The van der Waals surface area contributed by atoms with Crippen molar-refractivity contribution in [3.8, 4) is 0 Å². The average molecular weight is 507 g/mol. The lowest BCUT2D eigenvalue weighted by molar-refractivity contribution is -0.116. The van der Waals surface area contributed by atoms with Crippen LogP contribution in [0.5, 0.6) is 0 Å². The minimum Gasteiger partial charge on any atom is -0.371 e. The number of hydrogen-bond donors (Lipinski definition) is 2. The van der Waals surface area contributed by atoms with Gasteiger partial charge in [0.1, 0.15) is 0 Å². The van der Waals surface area contributed by atoms with E-state index in [2.05, 4.69) is 34.4 Å². The van der Waals surface area contributed by atoms with Crippen molar-refractivity contribution >= 4 is 23.2 Å². The molecule has 37 heavy (non-hydrogen) atoms. The van der Waals surface area contributed by atoms with E-state index in [1.807, 2.05) is 30.3 Å². The normalized spacial score (nSPS) is 13.9. The van der Waals surface area contributed by atoms with Gasteiger partial charge in [0.25, 0.3) is 5.91 Å². The lowest BCUT2D eigenvalue weighted by atomic mass is 9.97. The second-order valence-corrected chi connectivity index (χ2v) is 10.6. The van der Waals surface area contributed by atoms with Crippen molar-refractivity contribution < 1.29 is 9.59 Å². The number of nitrogens with zero attached hydrogens (tertiary/aromatic N) is 2. The van der Waals surface area contributed by atoms with Gasteiger partial charge in [-0.25, -0.2) is 0 Å². The summed E-state index contributed by atoms with van der Waals surface area (Å²) in [4.78, 5) is 32.3. The molecule has 2 N–H and O–H groups in total. The molecule has 2 amide bonds. The molecular weight excluding hydrogens is 460 g/mol. The smallest absolute Gasteiger partial charge is 0.253 e. The van der Waals surface area contributed by atoms with E-state index in [0.29, 0.717) is 30.1 Å². The van der Waals surface area contributed by atoms with E-state index in [9.17, 15) is 9.59 Å². The highest BCUT2D eigenvalue weighted by atomic mass is 16.2. The highest BCUT2D eigenvalue weighted by Crippen LogP contribution is 2.29. The molecule has 0 bridgehead atoms. The third-order valence-electron chi connectivity index (χ3n) is 7.33. The number of piperidine rings is 1. The predicted octanol–water partition coefficient (Wildman–Crippen LogP) is 7.11. The molecule has 6 heteroatoms. The molecule has 1 aromatic carbocycles. The predicted molar refractivity (Wildman–Crippen MR) is 153 cm³/mol. The summed E-state index contributed by atoms with van der Waals surface area (Å²) in [5, 5.41) is 6.06. The van der Waals surface area contributed by atoms with Crippen LogP contribution >= 0.6 is 0 Å². The molecule has 6 nitrogen and oxygen atoms in total. The molecule has 2 aromatic rings. The molecule has 2 heterocycles. The van der Waals surface area contributed by atoms with Crippen LogP contribution in [-0.2, 0) is 11.3 Å². The Morgan fingerprint density at radius 1 is 0.973 bits per heavy atom. The van der Waals surface area contributed by atoms with Gasteiger partial charge < -0.3 is 15.5 Å². The van der Waals surface area contributed by atoms with Crippen molar-refractivity contribution in [2.75, 3.05) is 23.3 Å². The minimum absolute atomic E-state index is 0.0178. The first kappa shape index (κ1) is 28.7. The van der Waals surface area contributed by atoms with Crippen LogP contribution in [0.25, 0.3) is 0 Å². The number of carbonyl (C=O) groups excluding carboxylic acids is 2. The number of aromatic nitrogens is 1. The van der Waals surface area contributed by atoms with Crippen molar-refractivity contribution in [3.63, 3.8) is 0 Å². The Kier molecular flexibility index (Phi) is 12.4. The zero-order valence-electron chi connectivity index (χ0n) is 22.9. The summed E-state index contributed by atoms with van der Waals surface area (Å²) in [6.45, 7) is 6.82. The molecule has 202 valence electrons. The van der Waals surface area contributed by atoms with Crippen molar-refractivity contribution in [2.24, 2.45) is 5.92 Å². The summed E-state index contributed by atoms with van der Waals surface area (Å²) in [5.74, 6) is 0.593. The molecule has 0 spiro atoms. The minimum atomic E-state index is -0.132. The molecule has 1 aliphatic heterocycles. The van der Waals surface area contributed by atoms with Crippen LogP contribution in [0.3, 0.4) is 0 Å². The first-order valence-electron chi connectivity index (χ1n) is 14.4. The molecule has 0 radical (unpaired) electrons. The van der Waals surface area contributed by atoms with E-state index in [0.717, 1.165) is 50.0 Å². The zero-order chi connectivity index (χ0) is 26.3. The number of nitrogens with one attached hydrogen (secondary N) is 2. The molecule has 0 saturated carbocycles. The van der Waals surface area contributed by atoms with Gasteiger partial charge >= 0.3 is 0 Å². The fraction of sp³-hybridized carbons (Fsp3) is 0.581. The number of benzene rings is 1. The maximum atomic E-state index is 13.3. The van der Waals surface area contributed by atoms with Gasteiger partial charge in [-0.05, 0) is 55.0 Å². The van der Waals surface area contributed by atoms with Crippen molar-refractivity contribution in [2.45, 2.75) is 97.4 Å².